The highest BCUT2D eigenvalue weighted by Crippen LogP contribution is 2.37. The maximum atomic E-state index is 13.3. The van der Waals surface area contributed by atoms with Crippen LogP contribution in [0.5, 0.6) is 0 Å². The molecule has 9 nitrogen and oxygen atoms in total. The minimum Gasteiger partial charge on any atom is -0.358 e. The van der Waals surface area contributed by atoms with E-state index in [-0.39, 0.29) is 17.9 Å². The molecule has 1 aliphatic carbocycles. The van der Waals surface area contributed by atoms with Crippen molar-refractivity contribution in [3.8, 4) is 0 Å². The summed E-state index contributed by atoms with van der Waals surface area (Å²) < 4.78 is 42.4. The number of hydrogen-bond acceptors (Lipinski definition) is 5. The van der Waals surface area contributed by atoms with Gasteiger partial charge in [-0.05, 0) is 37.0 Å². The minimum atomic E-state index is -4.54. The molecular formula is C17H21F3N6O3. The number of aryl methyl sites for hydroxylation is 1. The standard InChI is InChI=1S/C17H21F3N6O3/c1-2-12(25-13-6-3-5-11(13)15(23-25)17(18,19)20)16(27)21-8-4-9-24-10-7-14(22-24)26(28)29/h7,10,12H,2-6,8-9H2,1H3,(H,21,27). The first kappa shape index (κ1) is 20.8. The zero-order valence-corrected chi connectivity index (χ0v) is 15.8. The van der Waals surface area contributed by atoms with Crippen molar-refractivity contribution in [3.63, 3.8) is 0 Å². The van der Waals surface area contributed by atoms with Crippen LogP contribution < -0.4 is 5.32 Å². The molecule has 0 bridgehead atoms. The van der Waals surface area contributed by atoms with Gasteiger partial charge in [0.05, 0.1) is 23.9 Å². The van der Waals surface area contributed by atoms with Crippen molar-refractivity contribution in [3.05, 3.63) is 39.3 Å². The highest BCUT2D eigenvalue weighted by molar-refractivity contribution is 5.80. The Morgan fingerprint density at radius 3 is 2.76 bits per heavy atom. The van der Waals surface area contributed by atoms with Crippen molar-refractivity contribution in [2.75, 3.05) is 6.54 Å². The Labute approximate surface area is 164 Å². The van der Waals surface area contributed by atoms with Gasteiger partial charge in [0.2, 0.25) is 5.91 Å². The van der Waals surface area contributed by atoms with Crippen LogP contribution in [0.3, 0.4) is 0 Å². The van der Waals surface area contributed by atoms with E-state index in [9.17, 15) is 28.1 Å². The van der Waals surface area contributed by atoms with Crippen molar-refractivity contribution >= 4 is 11.7 Å². The van der Waals surface area contributed by atoms with Gasteiger partial charge >= 0.3 is 12.0 Å². The molecule has 158 valence electrons. The van der Waals surface area contributed by atoms with Gasteiger partial charge in [0.15, 0.2) is 5.69 Å². The largest absolute Gasteiger partial charge is 0.435 e. The Hall–Kier alpha value is -2.92. The summed E-state index contributed by atoms with van der Waals surface area (Å²) in [7, 11) is 0. The number of nitro groups is 1. The molecule has 12 heteroatoms. The number of amides is 1. The quantitative estimate of drug-likeness (QED) is 0.406. The number of rotatable bonds is 8. The van der Waals surface area contributed by atoms with E-state index in [0.717, 1.165) is 0 Å². The zero-order valence-electron chi connectivity index (χ0n) is 15.8. The van der Waals surface area contributed by atoms with Crippen LogP contribution in [-0.2, 0) is 30.4 Å². The predicted octanol–water partition coefficient (Wildman–Crippen LogP) is 2.65. The van der Waals surface area contributed by atoms with Crippen LogP contribution >= 0.6 is 0 Å². The van der Waals surface area contributed by atoms with E-state index >= 15 is 0 Å². The minimum absolute atomic E-state index is 0.198. The first-order valence-corrected chi connectivity index (χ1v) is 9.35. The van der Waals surface area contributed by atoms with Gasteiger partial charge in [-0.1, -0.05) is 6.92 Å². The Kier molecular flexibility index (Phi) is 5.89. The van der Waals surface area contributed by atoms with Crippen LogP contribution in [0.2, 0.25) is 0 Å². The van der Waals surface area contributed by atoms with Gasteiger partial charge in [0, 0.05) is 17.8 Å². The highest BCUT2D eigenvalue weighted by Gasteiger charge is 2.41. The van der Waals surface area contributed by atoms with Crippen molar-refractivity contribution < 1.29 is 22.9 Å². The molecule has 0 aromatic carbocycles. The van der Waals surface area contributed by atoms with Gasteiger partial charge in [-0.2, -0.15) is 23.0 Å². The molecule has 2 aromatic heterocycles. The SMILES string of the molecule is CCC(C(=O)NCCCn1ccc([N+](=O)[O-])n1)n1nc(C(F)(F)F)c2c1CCC2. The van der Waals surface area contributed by atoms with Gasteiger partial charge in [-0.15, -0.1) is 0 Å². The van der Waals surface area contributed by atoms with Crippen LogP contribution in [0.25, 0.3) is 0 Å². The van der Waals surface area contributed by atoms with Crippen molar-refractivity contribution in [1.29, 1.82) is 0 Å². The fourth-order valence-electron chi connectivity index (χ4n) is 3.56. The number of hydrogen-bond donors (Lipinski definition) is 1. The zero-order chi connectivity index (χ0) is 21.2. The number of aromatic nitrogens is 4. The second-order valence-electron chi connectivity index (χ2n) is 6.83. The van der Waals surface area contributed by atoms with E-state index < -0.39 is 28.7 Å². The molecule has 0 fully saturated rings. The van der Waals surface area contributed by atoms with Gasteiger partial charge in [-0.25, -0.2) is 0 Å². The number of nitrogens with zero attached hydrogens (tertiary/aromatic N) is 5. The molecule has 0 radical (unpaired) electrons. The number of fused-ring (bicyclic) bond motifs is 1. The number of carbonyl (C=O) groups excluding carboxylic acids is 1. The molecule has 3 rings (SSSR count). The van der Waals surface area contributed by atoms with E-state index in [2.05, 4.69) is 15.5 Å². The summed E-state index contributed by atoms with van der Waals surface area (Å²) in [6.07, 6.45) is -0.890. The summed E-state index contributed by atoms with van der Waals surface area (Å²) in [6.45, 7) is 2.35. The molecule has 1 atom stereocenters. The number of nitrogens with one attached hydrogen (secondary N) is 1. The van der Waals surface area contributed by atoms with E-state index in [1.807, 2.05) is 0 Å². The molecule has 0 saturated carbocycles. The normalized spacial score (nSPS) is 14.6. The van der Waals surface area contributed by atoms with Crippen molar-refractivity contribution in [2.24, 2.45) is 0 Å². The Bertz CT molecular complexity index is 905. The lowest BCUT2D eigenvalue weighted by Crippen LogP contribution is -2.34. The maximum absolute atomic E-state index is 13.3. The summed E-state index contributed by atoms with van der Waals surface area (Å²) in [5.74, 6) is -0.655. The molecule has 2 aromatic rings. The van der Waals surface area contributed by atoms with Gasteiger partial charge in [-0.3, -0.25) is 9.48 Å². The fourth-order valence-corrected chi connectivity index (χ4v) is 3.56. The first-order valence-electron chi connectivity index (χ1n) is 9.35. The van der Waals surface area contributed by atoms with Crippen LogP contribution in [0, 0.1) is 10.1 Å². The fraction of sp³-hybridized carbons (Fsp3) is 0.588. The molecule has 0 spiro atoms. The van der Waals surface area contributed by atoms with Gasteiger partial charge < -0.3 is 15.4 Å². The Morgan fingerprint density at radius 2 is 2.14 bits per heavy atom. The molecule has 1 aliphatic rings. The maximum Gasteiger partial charge on any atom is 0.435 e. The molecule has 2 heterocycles. The second-order valence-corrected chi connectivity index (χ2v) is 6.83. The molecule has 1 N–H and O–H groups in total. The van der Waals surface area contributed by atoms with Crippen LogP contribution in [0.4, 0.5) is 19.0 Å². The molecule has 29 heavy (non-hydrogen) atoms. The highest BCUT2D eigenvalue weighted by atomic mass is 19.4. The lowest BCUT2D eigenvalue weighted by molar-refractivity contribution is -0.389. The lowest BCUT2D eigenvalue weighted by atomic mass is 10.1. The van der Waals surface area contributed by atoms with Crippen LogP contribution in [0.1, 0.15) is 49.2 Å². The predicted molar refractivity (Wildman–Crippen MR) is 95.1 cm³/mol. The Balaban J connectivity index is 1.61. The lowest BCUT2D eigenvalue weighted by Gasteiger charge is -2.18. The summed E-state index contributed by atoms with van der Waals surface area (Å²) in [5.41, 5.74) is -0.205. The third-order valence-corrected chi connectivity index (χ3v) is 4.89. The molecule has 0 aliphatic heterocycles. The third-order valence-electron chi connectivity index (χ3n) is 4.89. The molecule has 0 saturated heterocycles. The number of alkyl halides is 3. The van der Waals surface area contributed by atoms with E-state index in [0.29, 0.717) is 44.3 Å². The van der Waals surface area contributed by atoms with Gasteiger partial charge in [0.1, 0.15) is 6.04 Å². The van der Waals surface area contributed by atoms with Crippen molar-refractivity contribution in [1.82, 2.24) is 24.9 Å². The van der Waals surface area contributed by atoms with Crippen LogP contribution in [-0.4, -0.2) is 36.9 Å². The number of carbonyl (C=O) groups is 1. The summed E-state index contributed by atoms with van der Waals surface area (Å²) in [6, 6.07) is 0.464. The summed E-state index contributed by atoms with van der Waals surface area (Å²) in [4.78, 5) is 22.6. The molecular weight excluding hydrogens is 393 g/mol. The average molecular weight is 414 g/mol. The monoisotopic (exact) mass is 414 g/mol. The summed E-state index contributed by atoms with van der Waals surface area (Å²) >= 11 is 0. The van der Waals surface area contributed by atoms with Crippen molar-refractivity contribution in [2.45, 2.75) is 57.8 Å². The number of halogens is 3. The second kappa shape index (κ2) is 8.21. The van der Waals surface area contributed by atoms with E-state index in [4.69, 9.17) is 0 Å². The van der Waals surface area contributed by atoms with Gasteiger partial charge in [0.25, 0.3) is 0 Å². The summed E-state index contributed by atoms with van der Waals surface area (Å²) in [5, 5.41) is 20.8. The molecule has 1 unspecified atom stereocenters. The third kappa shape index (κ3) is 4.40. The Morgan fingerprint density at radius 1 is 1.38 bits per heavy atom. The average Bonchev–Trinajstić information content (AvgIpc) is 3.35. The van der Waals surface area contributed by atoms with Crippen LogP contribution in [0.15, 0.2) is 12.3 Å². The van der Waals surface area contributed by atoms with E-state index in [1.54, 1.807) is 6.92 Å². The first-order chi connectivity index (χ1) is 13.7. The molecule has 1 amide bonds. The smallest absolute Gasteiger partial charge is 0.358 e. The van der Waals surface area contributed by atoms with E-state index in [1.165, 1.54) is 21.6 Å². The topological polar surface area (TPSA) is 108 Å².